The van der Waals surface area contributed by atoms with E-state index < -0.39 is 0 Å². The smallest absolute Gasteiger partial charge is 0.218 e. The first-order valence-corrected chi connectivity index (χ1v) is 7.42. The molecule has 5 heteroatoms. The average Bonchev–Trinajstić information content (AvgIpc) is 2.37. The molecule has 0 fully saturated rings. The standard InChI is InChI=1S/C15H28N4O/c1-12(2)19(5)9-7-6-8-16-14-10-15(18-11-17-14)20-13(3)4/h10-13H,6-9H2,1-5H3,(H,16,17,18). The summed E-state index contributed by atoms with van der Waals surface area (Å²) < 4.78 is 5.54. The fourth-order valence-electron chi connectivity index (χ4n) is 1.70. The highest BCUT2D eigenvalue weighted by Gasteiger charge is 2.03. The molecule has 5 nitrogen and oxygen atoms in total. The van der Waals surface area contributed by atoms with E-state index in [2.05, 4.69) is 41.1 Å². The van der Waals surface area contributed by atoms with Crippen LogP contribution in [0.2, 0.25) is 0 Å². The molecule has 0 radical (unpaired) electrons. The summed E-state index contributed by atoms with van der Waals surface area (Å²) in [5, 5.41) is 3.31. The maximum Gasteiger partial charge on any atom is 0.218 e. The zero-order chi connectivity index (χ0) is 15.0. The van der Waals surface area contributed by atoms with Gasteiger partial charge in [-0.3, -0.25) is 0 Å². The van der Waals surface area contributed by atoms with Gasteiger partial charge in [0.1, 0.15) is 12.1 Å². The van der Waals surface area contributed by atoms with Gasteiger partial charge in [0.15, 0.2) is 0 Å². The second-order valence-electron chi connectivity index (χ2n) is 5.62. The van der Waals surface area contributed by atoms with Gasteiger partial charge in [-0.15, -0.1) is 0 Å². The van der Waals surface area contributed by atoms with Crippen LogP contribution >= 0.6 is 0 Å². The molecule has 1 aromatic rings. The van der Waals surface area contributed by atoms with Crippen molar-refractivity contribution < 1.29 is 4.74 Å². The fraction of sp³-hybridized carbons (Fsp3) is 0.733. The summed E-state index contributed by atoms with van der Waals surface area (Å²) in [5.41, 5.74) is 0. The fourth-order valence-corrected chi connectivity index (χ4v) is 1.70. The lowest BCUT2D eigenvalue weighted by Gasteiger charge is -2.20. The lowest BCUT2D eigenvalue weighted by atomic mass is 10.2. The molecule has 0 aliphatic carbocycles. The molecule has 1 heterocycles. The van der Waals surface area contributed by atoms with Gasteiger partial charge in [-0.1, -0.05) is 0 Å². The number of nitrogens with zero attached hydrogens (tertiary/aromatic N) is 3. The van der Waals surface area contributed by atoms with Crippen LogP contribution in [0.4, 0.5) is 5.82 Å². The third-order valence-electron chi connectivity index (χ3n) is 3.12. The molecule has 0 unspecified atom stereocenters. The van der Waals surface area contributed by atoms with Crippen LogP contribution in [-0.2, 0) is 0 Å². The molecule has 0 saturated carbocycles. The molecular weight excluding hydrogens is 252 g/mol. The number of unbranched alkanes of at least 4 members (excludes halogenated alkanes) is 1. The first-order valence-electron chi connectivity index (χ1n) is 7.42. The van der Waals surface area contributed by atoms with E-state index in [1.165, 1.54) is 12.7 Å². The quantitative estimate of drug-likeness (QED) is 0.705. The normalized spacial score (nSPS) is 11.4. The maximum absolute atomic E-state index is 5.54. The Balaban J connectivity index is 2.25. The molecule has 0 aliphatic rings. The number of anilines is 1. The Morgan fingerprint density at radius 2 is 1.95 bits per heavy atom. The SMILES string of the molecule is CC(C)Oc1cc(NCCCCN(C)C(C)C)ncn1. The van der Waals surface area contributed by atoms with Crippen molar-refractivity contribution in [1.82, 2.24) is 14.9 Å². The van der Waals surface area contributed by atoms with Crippen LogP contribution in [0.3, 0.4) is 0 Å². The number of ether oxygens (including phenoxy) is 1. The molecule has 0 bridgehead atoms. The molecular formula is C15H28N4O. The van der Waals surface area contributed by atoms with Gasteiger partial charge in [-0.25, -0.2) is 9.97 Å². The number of aromatic nitrogens is 2. The summed E-state index contributed by atoms with van der Waals surface area (Å²) in [7, 11) is 2.16. The zero-order valence-corrected chi connectivity index (χ0v) is 13.4. The molecule has 1 N–H and O–H groups in total. The summed E-state index contributed by atoms with van der Waals surface area (Å²) in [6.45, 7) is 10.5. The summed E-state index contributed by atoms with van der Waals surface area (Å²) in [6, 6.07) is 2.46. The minimum absolute atomic E-state index is 0.129. The number of nitrogens with one attached hydrogen (secondary N) is 1. The van der Waals surface area contributed by atoms with E-state index in [-0.39, 0.29) is 6.10 Å². The Kier molecular flexibility index (Phi) is 7.30. The second-order valence-corrected chi connectivity index (χ2v) is 5.62. The number of hydrogen-bond donors (Lipinski definition) is 1. The molecule has 0 atom stereocenters. The first kappa shape index (κ1) is 16.7. The van der Waals surface area contributed by atoms with Crippen LogP contribution in [0.15, 0.2) is 12.4 Å². The lowest BCUT2D eigenvalue weighted by Crippen LogP contribution is -2.27. The Bertz CT molecular complexity index is 382. The third kappa shape index (κ3) is 6.70. The summed E-state index contributed by atoms with van der Waals surface area (Å²) >= 11 is 0. The Morgan fingerprint density at radius 3 is 2.60 bits per heavy atom. The van der Waals surface area contributed by atoms with E-state index in [0.29, 0.717) is 11.9 Å². The van der Waals surface area contributed by atoms with Crippen molar-refractivity contribution >= 4 is 5.82 Å². The molecule has 20 heavy (non-hydrogen) atoms. The number of rotatable bonds is 9. The topological polar surface area (TPSA) is 50.3 Å². The monoisotopic (exact) mass is 280 g/mol. The molecule has 114 valence electrons. The summed E-state index contributed by atoms with van der Waals surface area (Å²) in [4.78, 5) is 10.6. The van der Waals surface area contributed by atoms with Gasteiger partial charge in [0.05, 0.1) is 6.10 Å². The lowest BCUT2D eigenvalue weighted by molar-refractivity contribution is 0.232. The van der Waals surface area contributed by atoms with E-state index >= 15 is 0 Å². The molecule has 1 aromatic heterocycles. The summed E-state index contributed by atoms with van der Waals surface area (Å²) in [6.07, 6.45) is 3.97. The van der Waals surface area contributed by atoms with Crippen LogP contribution in [0, 0.1) is 0 Å². The third-order valence-corrected chi connectivity index (χ3v) is 3.12. The van der Waals surface area contributed by atoms with Crippen LogP contribution in [0.5, 0.6) is 5.88 Å². The minimum atomic E-state index is 0.129. The van der Waals surface area contributed by atoms with Gasteiger partial charge in [0, 0.05) is 18.7 Å². The van der Waals surface area contributed by atoms with Crippen molar-refractivity contribution in [3.05, 3.63) is 12.4 Å². The maximum atomic E-state index is 5.54. The van der Waals surface area contributed by atoms with Crippen molar-refractivity contribution in [3.8, 4) is 5.88 Å². The van der Waals surface area contributed by atoms with Gasteiger partial charge in [-0.2, -0.15) is 0 Å². The molecule has 0 aromatic carbocycles. The second kappa shape index (κ2) is 8.74. The van der Waals surface area contributed by atoms with Gasteiger partial charge < -0.3 is 15.0 Å². The van der Waals surface area contributed by atoms with Crippen LogP contribution in [-0.4, -0.2) is 47.2 Å². The minimum Gasteiger partial charge on any atom is -0.475 e. The molecule has 0 saturated heterocycles. The predicted octanol–water partition coefficient (Wildman–Crippen LogP) is 2.80. The highest BCUT2D eigenvalue weighted by Crippen LogP contribution is 2.12. The van der Waals surface area contributed by atoms with Gasteiger partial charge >= 0.3 is 0 Å². The van der Waals surface area contributed by atoms with Gasteiger partial charge in [0.2, 0.25) is 5.88 Å². The van der Waals surface area contributed by atoms with Crippen molar-refractivity contribution in [2.45, 2.75) is 52.7 Å². The van der Waals surface area contributed by atoms with Crippen molar-refractivity contribution in [3.63, 3.8) is 0 Å². The average molecular weight is 280 g/mol. The highest BCUT2D eigenvalue weighted by atomic mass is 16.5. The molecule has 0 amide bonds. The molecule has 0 aliphatic heterocycles. The van der Waals surface area contributed by atoms with Crippen LogP contribution in [0.25, 0.3) is 0 Å². The Morgan fingerprint density at radius 1 is 1.20 bits per heavy atom. The number of hydrogen-bond acceptors (Lipinski definition) is 5. The molecule has 0 spiro atoms. The Hall–Kier alpha value is -1.36. The van der Waals surface area contributed by atoms with E-state index in [4.69, 9.17) is 4.74 Å². The Labute approximate surface area is 122 Å². The predicted molar refractivity (Wildman–Crippen MR) is 83.3 cm³/mol. The van der Waals surface area contributed by atoms with Crippen LogP contribution in [0.1, 0.15) is 40.5 Å². The summed E-state index contributed by atoms with van der Waals surface area (Å²) in [5.74, 6) is 1.45. The highest BCUT2D eigenvalue weighted by molar-refractivity contribution is 5.36. The molecule has 1 rings (SSSR count). The van der Waals surface area contributed by atoms with E-state index in [0.717, 1.165) is 25.3 Å². The van der Waals surface area contributed by atoms with Crippen LogP contribution < -0.4 is 10.1 Å². The first-order chi connectivity index (χ1) is 9.49. The van der Waals surface area contributed by atoms with Crippen molar-refractivity contribution in [2.24, 2.45) is 0 Å². The van der Waals surface area contributed by atoms with Gasteiger partial charge in [-0.05, 0) is 54.1 Å². The largest absolute Gasteiger partial charge is 0.475 e. The van der Waals surface area contributed by atoms with E-state index in [1.807, 2.05) is 19.9 Å². The zero-order valence-electron chi connectivity index (χ0n) is 13.4. The van der Waals surface area contributed by atoms with E-state index in [9.17, 15) is 0 Å². The van der Waals surface area contributed by atoms with Crippen molar-refractivity contribution in [1.29, 1.82) is 0 Å². The van der Waals surface area contributed by atoms with E-state index in [1.54, 1.807) is 0 Å². The van der Waals surface area contributed by atoms with Crippen molar-refractivity contribution in [2.75, 3.05) is 25.5 Å². The van der Waals surface area contributed by atoms with Gasteiger partial charge in [0.25, 0.3) is 0 Å².